The Morgan fingerprint density at radius 2 is 2.23 bits per heavy atom. The van der Waals surface area contributed by atoms with E-state index in [1.165, 1.54) is 0 Å². The molecule has 2 rings (SSSR count). The molecule has 2 aromatic rings. The van der Waals surface area contributed by atoms with E-state index in [0.29, 0.717) is 0 Å². The second kappa shape index (κ2) is 2.85. The zero-order chi connectivity index (χ0) is 9.42. The number of benzene rings is 1. The molecule has 1 heterocycles. The van der Waals surface area contributed by atoms with Gasteiger partial charge in [-0.25, -0.2) is 0 Å². The third kappa shape index (κ3) is 1.31. The van der Waals surface area contributed by atoms with Crippen LogP contribution >= 0.6 is 0 Å². The maximum atomic E-state index is 9.48. The van der Waals surface area contributed by atoms with Crippen LogP contribution in [-0.2, 0) is 7.05 Å². The Morgan fingerprint density at radius 1 is 1.46 bits per heavy atom. The summed E-state index contributed by atoms with van der Waals surface area (Å²) in [4.78, 5) is 0. The predicted octanol–water partition coefficient (Wildman–Crippen LogP) is 1.63. The first-order valence-electron chi connectivity index (χ1n) is 4.29. The Labute approximate surface area is 76.6 Å². The van der Waals surface area contributed by atoms with E-state index in [-0.39, 0.29) is 0 Å². The van der Waals surface area contributed by atoms with E-state index >= 15 is 0 Å². The van der Waals surface area contributed by atoms with Gasteiger partial charge in [0, 0.05) is 24.2 Å². The number of aryl methyl sites for hydroxylation is 1. The summed E-state index contributed by atoms with van der Waals surface area (Å²) in [6.07, 6.45) is 1.49. The second-order valence-corrected chi connectivity index (χ2v) is 3.26. The van der Waals surface area contributed by atoms with Crippen molar-refractivity contribution in [2.75, 3.05) is 0 Å². The summed E-state index contributed by atoms with van der Waals surface area (Å²) in [5.74, 6) is 0. The van der Waals surface area contributed by atoms with Crippen molar-refractivity contribution in [3.05, 3.63) is 30.0 Å². The molecular formula is C10H12N2O. The van der Waals surface area contributed by atoms with Gasteiger partial charge in [-0.3, -0.25) is 4.68 Å². The minimum atomic E-state index is -0.460. The molecule has 3 nitrogen and oxygen atoms in total. The molecule has 0 spiro atoms. The highest BCUT2D eigenvalue weighted by Gasteiger charge is 2.08. The van der Waals surface area contributed by atoms with Crippen molar-refractivity contribution in [2.45, 2.75) is 13.0 Å². The Morgan fingerprint density at radius 3 is 2.92 bits per heavy atom. The van der Waals surface area contributed by atoms with Gasteiger partial charge in [-0.1, -0.05) is 18.2 Å². The van der Waals surface area contributed by atoms with Crippen LogP contribution in [0.25, 0.3) is 10.9 Å². The van der Waals surface area contributed by atoms with Gasteiger partial charge in [0.25, 0.3) is 0 Å². The molecule has 1 atom stereocenters. The van der Waals surface area contributed by atoms with Crippen molar-refractivity contribution >= 4 is 10.9 Å². The standard InChI is InChI=1S/C10H12N2O/c1-7(13)9-5-3-4-8-6-12(2)11-10(8)9/h3-7,13H,1-2H3. The van der Waals surface area contributed by atoms with Gasteiger partial charge >= 0.3 is 0 Å². The molecule has 0 saturated carbocycles. The number of hydrogen-bond donors (Lipinski definition) is 1. The molecule has 13 heavy (non-hydrogen) atoms. The molecule has 1 N–H and O–H groups in total. The number of hydrogen-bond acceptors (Lipinski definition) is 2. The number of aliphatic hydroxyl groups is 1. The van der Waals surface area contributed by atoms with Crippen molar-refractivity contribution < 1.29 is 5.11 Å². The Bertz CT molecular complexity index is 431. The quantitative estimate of drug-likeness (QED) is 0.717. The molecule has 68 valence electrons. The molecule has 1 aromatic heterocycles. The van der Waals surface area contributed by atoms with Crippen LogP contribution in [0.5, 0.6) is 0 Å². The SMILES string of the molecule is CC(O)c1cccc2cn(C)nc12. The van der Waals surface area contributed by atoms with Gasteiger partial charge in [0.05, 0.1) is 11.6 Å². The summed E-state index contributed by atoms with van der Waals surface area (Å²) in [7, 11) is 1.88. The average Bonchev–Trinajstić information content (AvgIpc) is 2.43. The van der Waals surface area contributed by atoms with E-state index in [0.717, 1.165) is 16.5 Å². The molecule has 0 radical (unpaired) electrons. The lowest BCUT2D eigenvalue weighted by atomic mass is 10.1. The summed E-state index contributed by atoms with van der Waals surface area (Å²) in [6.45, 7) is 1.75. The molecule has 0 amide bonds. The predicted molar refractivity (Wildman–Crippen MR) is 51.3 cm³/mol. The van der Waals surface area contributed by atoms with Crippen LogP contribution in [0.4, 0.5) is 0 Å². The minimum absolute atomic E-state index is 0.460. The van der Waals surface area contributed by atoms with Crippen molar-refractivity contribution in [3.63, 3.8) is 0 Å². The van der Waals surface area contributed by atoms with E-state index in [4.69, 9.17) is 0 Å². The molecule has 0 fully saturated rings. The van der Waals surface area contributed by atoms with Crippen LogP contribution in [-0.4, -0.2) is 14.9 Å². The Balaban J connectivity index is 2.75. The lowest BCUT2D eigenvalue weighted by Crippen LogP contribution is -1.93. The van der Waals surface area contributed by atoms with Crippen LogP contribution in [0.2, 0.25) is 0 Å². The molecule has 0 aliphatic carbocycles. The van der Waals surface area contributed by atoms with E-state index in [1.807, 2.05) is 31.4 Å². The van der Waals surface area contributed by atoms with Crippen LogP contribution in [0, 0.1) is 0 Å². The number of nitrogens with zero attached hydrogens (tertiary/aromatic N) is 2. The zero-order valence-corrected chi connectivity index (χ0v) is 7.73. The first-order chi connectivity index (χ1) is 6.18. The zero-order valence-electron chi connectivity index (χ0n) is 7.73. The topological polar surface area (TPSA) is 38.0 Å². The van der Waals surface area contributed by atoms with Gasteiger partial charge in [0.2, 0.25) is 0 Å². The monoisotopic (exact) mass is 176 g/mol. The minimum Gasteiger partial charge on any atom is -0.389 e. The van der Waals surface area contributed by atoms with Crippen LogP contribution in [0.3, 0.4) is 0 Å². The van der Waals surface area contributed by atoms with E-state index < -0.39 is 6.10 Å². The van der Waals surface area contributed by atoms with Crippen molar-refractivity contribution in [2.24, 2.45) is 7.05 Å². The fraction of sp³-hybridized carbons (Fsp3) is 0.300. The number of rotatable bonds is 1. The molecule has 3 heteroatoms. The first kappa shape index (κ1) is 8.26. The Kier molecular flexibility index (Phi) is 1.81. The molecule has 1 aromatic carbocycles. The molecule has 1 unspecified atom stereocenters. The van der Waals surface area contributed by atoms with Crippen molar-refractivity contribution in [1.29, 1.82) is 0 Å². The van der Waals surface area contributed by atoms with Crippen LogP contribution in [0.1, 0.15) is 18.6 Å². The highest BCUT2D eigenvalue weighted by atomic mass is 16.3. The van der Waals surface area contributed by atoms with Gasteiger partial charge in [-0.2, -0.15) is 5.10 Å². The lowest BCUT2D eigenvalue weighted by Gasteiger charge is -2.03. The van der Waals surface area contributed by atoms with Gasteiger partial charge in [-0.15, -0.1) is 0 Å². The van der Waals surface area contributed by atoms with E-state index in [9.17, 15) is 5.11 Å². The molecule has 0 aliphatic heterocycles. The third-order valence-corrected chi connectivity index (χ3v) is 2.13. The van der Waals surface area contributed by atoms with E-state index in [2.05, 4.69) is 5.10 Å². The fourth-order valence-electron chi connectivity index (χ4n) is 1.52. The van der Waals surface area contributed by atoms with Gasteiger partial charge in [-0.05, 0) is 6.92 Å². The third-order valence-electron chi connectivity index (χ3n) is 2.13. The smallest absolute Gasteiger partial charge is 0.0980 e. The van der Waals surface area contributed by atoms with Gasteiger partial charge in [0.15, 0.2) is 0 Å². The largest absolute Gasteiger partial charge is 0.389 e. The normalized spacial score (nSPS) is 13.5. The number of aromatic nitrogens is 2. The fourth-order valence-corrected chi connectivity index (χ4v) is 1.52. The molecule has 0 bridgehead atoms. The van der Waals surface area contributed by atoms with Gasteiger partial charge in [0.1, 0.15) is 0 Å². The average molecular weight is 176 g/mol. The maximum absolute atomic E-state index is 9.48. The highest BCUT2D eigenvalue weighted by Crippen LogP contribution is 2.21. The number of fused-ring (bicyclic) bond motifs is 1. The van der Waals surface area contributed by atoms with Crippen LogP contribution in [0.15, 0.2) is 24.4 Å². The molecular weight excluding hydrogens is 164 g/mol. The van der Waals surface area contributed by atoms with Crippen LogP contribution < -0.4 is 0 Å². The summed E-state index contributed by atoms with van der Waals surface area (Å²) < 4.78 is 1.76. The molecule has 0 aliphatic rings. The summed E-state index contributed by atoms with van der Waals surface area (Å²) in [6, 6.07) is 5.83. The van der Waals surface area contributed by atoms with E-state index in [1.54, 1.807) is 11.6 Å². The maximum Gasteiger partial charge on any atom is 0.0980 e. The summed E-state index contributed by atoms with van der Waals surface area (Å²) in [5.41, 5.74) is 1.78. The Hall–Kier alpha value is -1.35. The lowest BCUT2D eigenvalue weighted by molar-refractivity contribution is 0.200. The summed E-state index contributed by atoms with van der Waals surface area (Å²) >= 11 is 0. The number of aliphatic hydroxyl groups excluding tert-OH is 1. The van der Waals surface area contributed by atoms with Gasteiger partial charge < -0.3 is 5.11 Å². The summed E-state index contributed by atoms with van der Waals surface area (Å²) in [5, 5.41) is 14.8. The second-order valence-electron chi connectivity index (χ2n) is 3.26. The molecule has 0 saturated heterocycles. The van der Waals surface area contributed by atoms with Crippen molar-refractivity contribution in [1.82, 2.24) is 9.78 Å². The van der Waals surface area contributed by atoms with Crippen molar-refractivity contribution in [3.8, 4) is 0 Å². The first-order valence-corrected chi connectivity index (χ1v) is 4.29. The highest BCUT2D eigenvalue weighted by molar-refractivity contribution is 5.81.